The van der Waals surface area contributed by atoms with E-state index in [4.69, 9.17) is 0 Å². The lowest BCUT2D eigenvalue weighted by molar-refractivity contribution is -0.145. The van der Waals surface area contributed by atoms with E-state index in [9.17, 15) is 19.1 Å². The molecule has 0 aromatic heterocycles. The molecule has 114 valence electrons. The van der Waals surface area contributed by atoms with E-state index in [1.807, 2.05) is 13.8 Å². The SMILES string of the molecule is CCN(C(=O)C1CC(C)CC1C(=O)O)c1ccc(F)cc1. The average molecular weight is 293 g/mol. The molecule has 0 spiro atoms. The van der Waals surface area contributed by atoms with Crippen LogP contribution in [-0.2, 0) is 9.59 Å². The monoisotopic (exact) mass is 293 g/mol. The topological polar surface area (TPSA) is 57.6 Å². The average Bonchev–Trinajstić information content (AvgIpc) is 2.84. The summed E-state index contributed by atoms with van der Waals surface area (Å²) in [6.07, 6.45) is 1.13. The van der Waals surface area contributed by atoms with Gasteiger partial charge in [-0.2, -0.15) is 0 Å². The van der Waals surface area contributed by atoms with Gasteiger partial charge in [0.25, 0.3) is 0 Å². The molecule has 1 aliphatic carbocycles. The lowest BCUT2D eigenvalue weighted by Crippen LogP contribution is -2.39. The zero-order valence-corrected chi connectivity index (χ0v) is 12.3. The number of carbonyl (C=O) groups is 2. The quantitative estimate of drug-likeness (QED) is 0.928. The van der Waals surface area contributed by atoms with Crippen molar-refractivity contribution in [3.05, 3.63) is 30.1 Å². The van der Waals surface area contributed by atoms with Gasteiger partial charge in [0.05, 0.1) is 11.8 Å². The van der Waals surface area contributed by atoms with Crippen LogP contribution in [0.1, 0.15) is 26.7 Å². The van der Waals surface area contributed by atoms with E-state index in [2.05, 4.69) is 0 Å². The summed E-state index contributed by atoms with van der Waals surface area (Å²) in [4.78, 5) is 25.6. The first-order valence-corrected chi connectivity index (χ1v) is 7.23. The summed E-state index contributed by atoms with van der Waals surface area (Å²) >= 11 is 0. The van der Waals surface area contributed by atoms with Gasteiger partial charge in [-0.1, -0.05) is 6.92 Å². The fraction of sp³-hybridized carbons (Fsp3) is 0.500. The van der Waals surface area contributed by atoms with Crippen molar-refractivity contribution in [2.24, 2.45) is 17.8 Å². The van der Waals surface area contributed by atoms with Crippen molar-refractivity contribution in [2.45, 2.75) is 26.7 Å². The first-order chi connectivity index (χ1) is 9.93. The number of aliphatic carboxylic acids is 1. The standard InChI is InChI=1S/C16H20FNO3/c1-3-18(12-6-4-11(17)5-7-12)15(19)13-8-10(2)9-14(13)16(20)21/h4-7,10,13-14H,3,8-9H2,1-2H3,(H,20,21). The first kappa shape index (κ1) is 15.5. The van der Waals surface area contributed by atoms with E-state index in [-0.39, 0.29) is 17.6 Å². The van der Waals surface area contributed by atoms with E-state index in [1.54, 1.807) is 12.1 Å². The van der Waals surface area contributed by atoms with Gasteiger partial charge in [-0.25, -0.2) is 4.39 Å². The van der Waals surface area contributed by atoms with Gasteiger partial charge in [0, 0.05) is 12.2 Å². The number of amides is 1. The Hall–Kier alpha value is -1.91. The molecule has 2 rings (SSSR count). The second-order valence-corrected chi connectivity index (χ2v) is 5.69. The molecule has 1 N–H and O–H groups in total. The zero-order valence-electron chi connectivity index (χ0n) is 12.3. The van der Waals surface area contributed by atoms with E-state index >= 15 is 0 Å². The minimum Gasteiger partial charge on any atom is -0.481 e. The van der Waals surface area contributed by atoms with Crippen LogP contribution >= 0.6 is 0 Å². The molecule has 3 atom stereocenters. The Morgan fingerprint density at radius 2 is 1.81 bits per heavy atom. The Balaban J connectivity index is 2.23. The third kappa shape index (κ3) is 3.23. The highest BCUT2D eigenvalue weighted by molar-refractivity contribution is 5.97. The number of carboxylic acids is 1. The van der Waals surface area contributed by atoms with Crippen LogP contribution in [-0.4, -0.2) is 23.5 Å². The smallest absolute Gasteiger partial charge is 0.307 e. The van der Waals surface area contributed by atoms with Crippen LogP contribution in [0.5, 0.6) is 0 Å². The van der Waals surface area contributed by atoms with Gasteiger partial charge in [0.2, 0.25) is 5.91 Å². The molecule has 3 unspecified atom stereocenters. The highest BCUT2D eigenvalue weighted by atomic mass is 19.1. The number of benzene rings is 1. The summed E-state index contributed by atoms with van der Waals surface area (Å²) in [5, 5.41) is 9.29. The molecule has 1 aromatic rings. The molecule has 1 aromatic carbocycles. The number of carbonyl (C=O) groups excluding carboxylic acids is 1. The molecule has 1 fully saturated rings. The van der Waals surface area contributed by atoms with Gasteiger partial charge in [-0.15, -0.1) is 0 Å². The van der Waals surface area contributed by atoms with Crippen molar-refractivity contribution in [3.63, 3.8) is 0 Å². The highest BCUT2D eigenvalue weighted by Crippen LogP contribution is 2.38. The van der Waals surface area contributed by atoms with Crippen LogP contribution in [0.2, 0.25) is 0 Å². The summed E-state index contributed by atoms with van der Waals surface area (Å²) in [6.45, 7) is 4.23. The second kappa shape index (κ2) is 6.24. The Labute approximate surface area is 123 Å². The molecule has 0 heterocycles. The van der Waals surface area contributed by atoms with Crippen LogP contribution < -0.4 is 4.90 Å². The predicted molar refractivity (Wildman–Crippen MR) is 77.4 cm³/mol. The Kier molecular flexibility index (Phi) is 4.60. The maximum atomic E-state index is 13.0. The molecular formula is C16H20FNO3. The highest BCUT2D eigenvalue weighted by Gasteiger charge is 2.42. The Bertz CT molecular complexity index is 529. The molecule has 5 heteroatoms. The van der Waals surface area contributed by atoms with E-state index in [0.29, 0.717) is 25.1 Å². The van der Waals surface area contributed by atoms with Crippen LogP contribution in [0.15, 0.2) is 24.3 Å². The normalized spacial score (nSPS) is 24.8. The Morgan fingerprint density at radius 3 is 2.33 bits per heavy atom. The molecule has 1 amide bonds. The lowest BCUT2D eigenvalue weighted by Gasteiger charge is -2.26. The number of anilines is 1. The van der Waals surface area contributed by atoms with Crippen LogP contribution in [0.3, 0.4) is 0 Å². The number of hydrogen-bond donors (Lipinski definition) is 1. The van der Waals surface area contributed by atoms with Gasteiger partial charge < -0.3 is 10.0 Å². The van der Waals surface area contributed by atoms with Crippen molar-refractivity contribution >= 4 is 17.6 Å². The maximum absolute atomic E-state index is 13.0. The molecule has 4 nitrogen and oxygen atoms in total. The van der Waals surface area contributed by atoms with Gasteiger partial charge in [0.1, 0.15) is 5.82 Å². The van der Waals surface area contributed by atoms with Gasteiger partial charge in [0.15, 0.2) is 0 Å². The molecule has 0 aliphatic heterocycles. The number of halogens is 1. The zero-order chi connectivity index (χ0) is 15.6. The summed E-state index contributed by atoms with van der Waals surface area (Å²) in [5.41, 5.74) is 0.604. The summed E-state index contributed by atoms with van der Waals surface area (Å²) in [6, 6.07) is 5.70. The van der Waals surface area contributed by atoms with E-state index in [0.717, 1.165) is 0 Å². The number of hydrogen-bond acceptors (Lipinski definition) is 2. The maximum Gasteiger partial charge on any atom is 0.307 e. The van der Waals surface area contributed by atoms with Crippen molar-refractivity contribution in [1.29, 1.82) is 0 Å². The predicted octanol–water partition coefficient (Wildman–Crippen LogP) is 2.93. The Morgan fingerprint density at radius 1 is 1.24 bits per heavy atom. The second-order valence-electron chi connectivity index (χ2n) is 5.69. The lowest BCUT2D eigenvalue weighted by atomic mass is 9.94. The minimum absolute atomic E-state index is 0.180. The number of carboxylic acid groups (broad SMARTS) is 1. The summed E-state index contributed by atoms with van der Waals surface area (Å²) in [5.74, 6) is -2.34. The third-order valence-electron chi connectivity index (χ3n) is 4.15. The van der Waals surface area contributed by atoms with Gasteiger partial charge >= 0.3 is 5.97 Å². The summed E-state index contributed by atoms with van der Waals surface area (Å²) < 4.78 is 13.0. The molecule has 0 radical (unpaired) electrons. The molecular weight excluding hydrogens is 273 g/mol. The van der Waals surface area contributed by atoms with Crippen molar-refractivity contribution in [2.75, 3.05) is 11.4 Å². The van der Waals surface area contributed by atoms with Gasteiger partial charge in [-0.3, -0.25) is 9.59 Å². The summed E-state index contributed by atoms with van der Waals surface area (Å²) in [7, 11) is 0. The van der Waals surface area contributed by atoms with Crippen molar-refractivity contribution < 1.29 is 19.1 Å². The first-order valence-electron chi connectivity index (χ1n) is 7.23. The molecule has 21 heavy (non-hydrogen) atoms. The number of rotatable bonds is 4. The van der Waals surface area contributed by atoms with Crippen molar-refractivity contribution in [3.8, 4) is 0 Å². The molecule has 0 saturated heterocycles. The number of nitrogens with zero attached hydrogens (tertiary/aromatic N) is 1. The van der Waals surface area contributed by atoms with Crippen LogP contribution in [0.25, 0.3) is 0 Å². The fourth-order valence-corrected chi connectivity index (χ4v) is 3.12. The van der Waals surface area contributed by atoms with E-state index < -0.39 is 17.8 Å². The minimum atomic E-state index is -0.909. The molecule has 1 aliphatic rings. The van der Waals surface area contributed by atoms with Crippen LogP contribution in [0, 0.1) is 23.6 Å². The van der Waals surface area contributed by atoms with Crippen LogP contribution in [0.4, 0.5) is 10.1 Å². The largest absolute Gasteiger partial charge is 0.481 e. The molecule has 0 bridgehead atoms. The third-order valence-corrected chi connectivity index (χ3v) is 4.15. The van der Waals surface area contributed by atoms with E-state index in [1.165, 1.54) is 17.0 Å². The van der Waals surface area contributed by atoms with Gasteiger partial charge in [-0.05, 0) is 49.9 Å². The fourth-order valence-electron chi connectivity index (χ4n) is 3.12. The molecule has 1 saturated carbocycles. The van der Waals surface area contributed by atoms with Crippen molar-refractivity contribution in [1.82, 2.24) is 0 Å².